The second-order valence-corrected chi connectivity index (χ2v) is 9.51. The van der Waals surface area contributed by atoms with Gasteiger partial charge in [-0.2, -0.15) is 0 Å². The number of carbonyl (C=O) groups excluding carboxylic acids is 2. The number of carboxylic acid groups (broad SMARTS) is 1. The van der Waals surface area contributed by atoms with E-state index >= 15 is 0 Å². The molecule has 5 rings (SSSR count). The molecule has 3 aliphatic rings. The third-order valence-electron chi connectivity index (χ3n) is 6.74. The van der Waals surface area contributed by atoms with Crippen molar-refractivity contribution in [1.29, 1.82) is 0 Å². The Kier molecular flexibility index (Phi) is 5.05. The van der Waals surface area contributed by atoms with Crippen molar-refractivity contribution in [2.24, 2.45) is 11.8 Å². The second kappa shape index (κ2) is 7.53. The first kappa shape index (κ1) is 22.8. The maximum Gasteiger partial charge on any atom is 0.310 e. The number of fused-ring (bicyclic) bond motifs is 4. The van der Waals surface area contributed by atoms with Gasteiger partial charge in [0.25, 0.3) is 11.8 Å². The average molecular weight is 512 g/mol. The van der Waals surface area contributed by atoms with Crippen LogP contribution in [0.3, 0.4) is 0 Å². The molecular formula is C22H17Cl2F2N3O5. The third-order valence-corrected chi connectivity index (χ3v) is 7.26. The Morgan fingerprint density at radius 1 is 1.18 bits per heavy atom. The van der Waals surface area contributed by atoms with Crippen molar-refractivity contribution in [1.82, 2.24) is 4.90 Å². The number of carbonyl (C=O) groups is 3. The quantitative estimate of drug-likeness (QED) is 0.468. The van der Waals surface area contributed by atoms with Gasteiger partial charge in [0.1, 0.15) is 17.2 Å². The van der Waals surface area contributed by atoms with Crippen molar-refractivity contribution in [3.05, 3.63) is 52.0 Å². The standard InChI is InChI=1S/C22H17Cl2F2N3O5/c23-9-5-12-17(13(24)6-9)28-20(34)22(12)16(19(32)33)15(14-7-21(25,26)8-29(14)22)18(31)27-10-1-3-11(30)4-2-10/h1-6,14-16,30H,7-8H2,(H,27,31)(H,28,34)(H,32,33). The van der Waals surface area contributed by atoms with Gasteiger partial charge in [-0.15, -0.1) is 0 Å². The summed E-state index contributed by atoms with van der Waals surface area (Å²) in [6, 6.07) is 6.80. The molecule has 12 heteroatoms. The van der Waals surface area contributed by atoms with Gasteiger partial charge in [-0.3, -0.25) is 19.3 Å². The van der Waals surface area contributed by atoms with Crippen LogP contribution < -0.4 is 10.6 Å². The predicted octanol–water partition coefficient (Wildman–Crippen LogP) is 3.53. The van der Waals surface area contributed by atoms with Crippen LogP contribution in [-0.4, -0.2) is 51.4 Å². The number of carboxylic acids is 1. The molecule has 2 fully saturated rings. The Morgan fingerprint density at radius 2 is 1.85 bits per heavy atom. The second-order valence-electron chi connectivity index (χ2n) is 8.66. The van der Waals surface area contributed by atoms with Gasteiger partial charge in [-0.05, 0) is 36.4 Å². The first-order chi connectivity index (χ1) is 16.0. The fraction of sp³-hybridized carbons (Fsp3) is 0.318. The summed E-state index contributed by atoms with van der Waals surface area (Å²) in [6.07, 6.45) is -0.802. The first-order valence-electron chi connectivity index (χ1n) is 10.2. The van der Waals surface area contributed by atoms with Gasteiger partial charge in [-0.25, -0.2) is 8.78 Å². The van der Waals surface area contributed by atoms with E-state index in [1.165, 1.54) is 36.4 Å². The predicted molar refractivity (Wildman–Crippen MR) is 118 cm³/mol. The van der Waals surface area contributed by atoms with Crippen LogP contribution >= 0.6 is 23.2 Å². The molecule has 2 amide bonds. The number of nitrogens with zero attached hydrogens (tertiary/aromatic N) is 1. The van der Waals surface area contributed by atoms with E-state index in [-0.39, 0.29) is 32.7 Å². The maximum atomic E-state index is 14.7. The summed E-state index contributed by atoms with van der Waals surface area (Å²) in [6.45, 7) is -0.915. The number of nitrogens with one attached hydrogen (secondary N) is 2. The largest absolute Gasteiger partial charge is 0.508 e. The van der Waals surface area contributed by atoms with Crippen molar-refractivity contribution < 1.29 is 33.4 Å². The minimum absolute atomic E-state index is 0.0244. The molecule has 0 radical (unpaired) electrons. The van der Waals surface area contributed by atoms with Crippen LogP contribution in [0.2, 0.25) is 10.0 Å². The summed E-state index contributed by atoms with van der Waals surface area (Å²) in [4.78, 5) is 40.5. The molecule has 178 valence electrons. The van der Waals surface area contributed by atoms with Crippen LogP contribution in [0, 0.1) is 11.8 Å². The summed E-state index contributed by atoms with van der Waals surface area (Å²) < 4.78 is 29.3. The fourth-order valence-corrected chi connectivity index (χ4v) is 6.11. The van der Waals surface area contributed by atoms with Crippen LogP contribution in [0.4, 0.5) is 20.2 Å². The van der Waals surface area contributed by atoms with E-state index in [9.17, 15) is 33.4 Å². The first-order valence-corrected chi connectivity index (χ1v) is 11.0. The van der Waals surface area contributed by atoms with Crippen LogP contribution in [0.5, 0.6) is 5.75 Å². The number of phenols is 1. The van der Waals surface area contributed by atoms with Gasteiger partial charge in [0, 0.05) is 28.7 Å². The van der Waals surface area contributed by atoms with Crippen molar-refractivity contribution in [3.63, 3.8) is 0 Å². The highest BCUT2D eigenvalue weighted by Gasteiger charge is 2.74. The molecule has 4 N–H and O–H groups in total. The highest BCUT2D eigenvalue weighted by molar-refractivity contribution is 6.38. The van der Waals surface area contributed by atoms with Crippen molar-refractivity contribution in [2.45, 2.75) is 23.9 Å². The Balaban J connectivity index is 1.68. The number of aliphatic carboxylic acids is 1. The van der Waals surface area contributed by atoms with Crippen molar-refractivity contribution >= 4 is 52.4 Å². The SMILES string of the molecule is O=C(Nc1ccc(O)cc1)C1C2CC(F)(F)CN2C2(C(=O)Nc3c(Cl)cc(Cl)cc32)C1C(=O)O. The van der Waals surface area contributed by atoms with Crippen molar-refractivity contribution in [3.8, 4) is 5.75 Å². The molecule has 4 atom stereocenters. The van der Waals surface area contributed by atoms with Gasteiger partial charge in [0.15, 0.2) is 0 Å². The highest BCUT2D eigenvalue weighted by Crippen LogP contribution is 2.61. The number of anilines is 2. The normalized spacial score (nSPS) is 29.1. The van der Waals surface area contributed by atoms with Crippen molar-refractivity contribution in [2.75, 3.05) is 17.2 Å². The summed E-state index contributed by atoms with van der Waals surface area (Å²) >= 11 is 12.4. The van der Waals surface area contributed by atoms with Gasteiger partial charge in [0.2, 0.25) is 5.91 Å². The zero-order valence-electron chi connectivity index (χ0n) is 17.2. The molecule has 34 heavy (non-hydrogen) atoms. The Morgan fingerprint density at radius 3 is 2.50 bits per heavy atom. The van der Waals surface area contributed by atoms with Gasteiger partial charge >= 0.3 is 5.97 Å². The molecule has 1 spiro atoms. The summed E-state index contributed by atoms with van der Waals surface area (Å²) in [5.41, 5.74) is -1.76. The molecule has 4 unspecified atom stereocenters. The lowest BCUT2D eigenvalue weighted by atomic mass is 9.73. The lowest BCUT2D eigenvalue weighted by Crippen LogP contribution is -2.54. The Hall–Kier alpha value is -2.95. The minimum atomic E-state index is -3.26. The molecule has 0 saturated carbocycles. The molecule has 2 aromatic rings. The summed E-state index contributed by atoms with van der Waals surface area (Å²) in [5, 5.41) is 24.9. The number of aromatic hydroxyl groups is 1. The molecule has 0 aliphatic carbocycles. The molecule has 2 aromatic carbocycles. The molecule has 8 nitrogen and oxygen atoms in total. The number of alkyl halides is 2. The smallest absolute Gasteiger partial charge is 0.310 e. The number of rotatable bonds is 3. The number of amides is 2. The topological polar surface area (TPSA) is 119 Å². The lowest BCUT2D eigenvalue weighted by molar-refractivity contribution is -0.153. The summed E-state index contributed by atoms with van der Waals surface area (Å²) in [7, 11) is 0. The van der Waals surface area contributed by atoms with Crippen LogP contribution in [0.15, 0.2) is 36.4 Å². The van der Waals surface area contributed by atoms with E-state index in [0.717, 1.165) is 4.90 Å². The minimum Gasteiger partial charge on any atom is -0.508 e. The van der Waals surface area contributed by atoms with Gasteiger partial charge in [0.05, 0.1) is 23.2 Å². The Labute approximate surface area is 201 Å². The molecule has 0 bridgehead atoms. The van der Waals surface area contributed by atoms with Crippen LogP contribution in [0.25, 0.3) is 0 Å². The van der Waals surface area contributed by atoms with E-state index in [0.29, 0.717) is 0 Å². The Bertz CT molecular complexity index is 1240. The van der Waals surface area contributed by atoms with E-state index in [4.69, 9.17) is 23.2 Å². The maximum absolute atomic E-state index is 14.7. The van der Waals surface area contributed by atoms with Crippen LogP contribution in [0.1, 0.15) is 12.0 Å². The van der Waals surface area contributed by atoms with Gasteiger partial charge < -0.3 is 20.8 Å². The number of hydrogen-bond donors (Lipinski definition) is 4. The fourth-order valence-electron chi connectivity index (χ4n) is 5.57. The number of benzene rings is 2. The number of phenolic OH excluding ortho intramolecular Hbond substituents is 1. The van der Waals surface area contributed by atoms with E-state index < -0.39 is 60.1 Å². The molecule has 3 aliphatic heterocycles. The zero-order chi connectivity index (χ0) is 24.6. The molecule has 0 aromatic heterocycles. The highest BCUT2D eigenvalue weighted by atomic mass is 35.5. The lowest BCUT2D eigenvalue weighted by Gasteiger charge is -2.35. The van der Waals surface area contributed by atoms with E-state index in [1.807, 2.05) is 0 Å². The molecule has 2 saturated heterocycles. The molecular weight excluding hydrogens is 495 g/mol. The monoisotopic (exact) mass is 511 g/mol. The third kappa shape index (κ3) is 3.16. The zero-order valence-corrected chi connectivity index (χ0v) is 18.7. The van der Waals surface area contributed by atoms with E-state index in [2.05, 4.69) is 10.6 Å². The number of hydrogen-bond acceptors (Lipinski definition) is 5. The average Bonchev–Trinajstić information content (AvgIpc) is 3.30. The van der Waals surface area contributed by atoms with Gasteiger partial charge in [-0.1, -0.05) is 23.2 Å². The summed E-state index contributed by atoms with van der Waals surface area (Å²) in [5.74, 6) is -9.73. The van der Waals surface area contributed by atoms with E-state index in [1.54, 1.807) is 0 Å². The van der Waals surface area contributed by atoms with Crippen LogP contribution in [-0.2, 0) is 19.9 Å². The molecule has 3 heterocycles. The number of halogens is 4.